The number of benzene rings is 1. The van der Waals surface area contributed by atoms with Crippen LogP contribution in [0.1, 0.15) is 39.0 Å². The highest BCUT2D eigenvalue weighted by molar-refractivity contribution is 5.95. The van der Waals surface area contributed by atoms with Crippen molar-refractivity contribution in [1.29, 1.82) is 0 Å². The van der Waals surface area contributed by atoms with Crippen molar-refractivity contribution in [3.05, 3.63) is 95.6 Å². The van der Waals surface area contributed by atoms with E-state index in [1.54, 1.807) is 55.5 Å². The number of aromatic nitrogens is 2. The molecule has 0 fully saturated rings. The number of nitrogens with zero attached hydrogens (tertiary/aromatic N) is 2. The molecule has 10 heteroatoms. The Hall–Kier alpha value is -4.60. The zero-order chi connectivity index (χ0) is 25.9. The third-order valence-corrected chi connectivity index (χ3v) is 5.18. The molecular weight excluding hydrogens is 464 g/mol. The van der Waals surface area contributed by atoms with Gasteiger partial charge in [-0.1, -0.05) is 36.4 Å². The van der Waals surface area contributed by atoms with E-state index in [0.29, 0.717) is 5.56 Å². The number of carbonyl (C=O) groups excluding carboxylic acids is 3. The second-order valence-corrected chi connectivity index (χ2v) is 7.80. The van der Waals surface area contributed by atoms with Gasteiger partial charge in [0.05, 0.1) is 6.61 Å². The summed E-state index contributed by atoms with van der Waals surface area (Å²) in [5.74, 6) is -2.84. The Morgan fingerprint density at radius 3 is 1.67 bits per heavy atom. The van der Waals surface area contributed by atoms with Crippen LogP contribution in [0.25, 0.3) is 0 Å². The van der Waals surface area contributed by atoms with Gasteiger partial charge in [-0.2, -0.15) is 0 Å². The molecular formula is C26H26N4O6. The smallest absolute Gasteiger partial charge is 0.328 e. The number of esters is 1. The van der Waals surface area contributed by atoms with Crippen LogP contribution < -0.4 is 10.6 Å². The fourth-order valence-corrected chi connectivity index (χ4v) is 3.38. The molecule has 3 N–H and O–H groups in total. The highest BCUT2D eigenvalue weighted by Crippen LogP contribution is 2.11. The zero-order valence-electron chi connectivity index (χ0n) is 19.6. The molecule has 10 nitrogen and oxygen atoms in total. The topological polar surface area (TPSA) is 148 Å². The molecule has 0 saturated heterocycles. The Morgan fingerprint density at radius 1 is 0.778 bits per heavy atom. The average molecular weight is 491 g/mol. The Bertz CT molecular complexity index is 1190. The molecule has 186 valence electrons. The van der Waals surface area contributed by atoms with Crippen molar-refractivity contribution in [3.8, 4) is 0 Å². The summed E-state index contributed by atoms with van der Waals surface area (Å²) >= 11 is 0. The summed E-state index contributed by atoms with van der Waals surface area (Å²) in [4.78, 5) is 56.9. The Morgan fingerprint density at radius 2 is 1.25 bits per heavy atom. The maximum Gasteiger partial charge on any atom is 0.328 e. The van der Waals surface area contributed by atoms with Gasteiger partial charge >= 0.3 is 11.9 Å². The van der Waals surface area contributed by atoms with Crippen LogP contribution >= 0.6 is 0 Å². The lowest BCUT2D eigenvalue weighted by molar-refractivity contribution is -0.145. The van der Waals surface area contributed by atoms with E-state index in [2.05, 4.69) is 20.6 Å². The highest BCUT2D eigenvalue weighted by Gasteiger charge is 2.24. The molecule has 0 aliphatic carbocycles. The molecule has 0 spiro atoms. The Balaban J connectivity index is 1.66. The van der Waals surface area contributed by atoms with Crippen LogP contribution in [0.5, 0.6) is 0 Å². The highest BCUT2D eigenvalue weighted by atomic mass is 16.5. The molecule has 0 bridgehead atoms. The third-order valence-electron chi connectivity index (χ3n) is 5.18. The molecule has 2 amide bonds. The summed E-state index contributed by atoms with van der Waals surface area (Å²) in [5, 5.41) is 14.7. The fraction of sp³-hybridized carbons (Fsp3) is 0.231. The summed E-state index contributed by atoms with van der Waals surface area (Å²) in [7, 11) is 0. The molecule has 0 aliphatic rings. The number of pyridine rings is 2. The maximum absolute atomic E-state index is 12.5. The molecule has 0 aliphatic heterocycles. The Kier molecular flexibility index (Phi) is 9.21. The molecule has 2 aromatic heterocycles. The van der Waals surface area contributed by atoms with E-state index in [-0.39, 0.29) is 30.8 Å². The quantitative estimate of drug-likeness (QED) is 0.345. The first-order chi connectivity index (χ1) is 17.4. The van der Waals surface area contributed by atoms with Gasteiger partial charge in [0.2, 0.25) is 0 Å². The summed E-state index contributed by atoms with van der Waals surface area (Å²) in [6, 6.07) is 14.5. The number of carbonyl (C=O) groups is 4. The standard InChI is InChI=1S/C26H26N4O6/c1-2-36-26(35)22(30-24(32)20-8-4-6-14-28-20)16-18-11-9-17(10-12-18)15-21(25(33)34)29-23(31)19-7-3-5-13-27-19/h3-14,21-22H,2,15-16H2,1H3,(H,29,31)(H,30,32)(H,33,34)/t21-,22-/m1/s1. The van der Waals surface area contributed by atoms with Crippen LogP contribution in [0.4, 0.5) is 0 Å². The first-order valence-corrected chi connectivity index (χ1v) is 11.3. The van der Waals surface area contributed by atoms with E-state index in [0.717, 1.165) is 5.56 Å². The molecule has 0 saturated carbocycles. The minimum Gasteiger partial charge on any atom is -0.480 e. The second-order valence-electron chi connectivity index (χ2n) is 7.80. The predicted molar refractivity (Wildman–Crippen MR) is 129 cm³/mol. The maximum atomic E-state index is 12.5. The summed E-state index contributed by atoms with van der Waals surface area (Å²) in [5.41, 5.74) is 1.69. The molecule has 3 rings (SSSR count). The number of rotatable bonds is 11. The van der Waals surface area contributed by atoms with E-state index < -0.39 is 35.8 Å². The number of hydrogen-bond acceptors (Lipinski definition) is 7. The van der Waals surface area contributed by atoms with Gasteiger partial charge in [0, 0.05) is 25.2 Å². The van der Waals surface area contributed by atoms with E-state index in [1.807, 2.05) is 0 Å². The number of nitrogens with one attached hydrogen (secondary N) is 2. The van der Waals surface area contributed by atoms with Crippen molar-refractivity contribution in [2.45, 2.75) is 31.8 Å². The lowest BCUT2D eigenvalue weighted by atomic mass is 10.0. The van der Waals surface area contributed by atoms with Gasteiger partial charge < -0.3 is 20.5 Å². The molecule has 0 unspecified atom stereocenters. The first-order valence-electron chi connectivity index (χ1n) is 11.3. The van der Waals surface area contributed by atoms with E-state index >= 15 is 0 Å². The van der Waals surface area contributed by atoms with Gasteiger partial charge in [0.1, 0.15) is 23.5 Å². The Labute approximate surface area is 207 Å². The number of carboxylic acid groups (broad SMARTS) is 1. The van der Waals surface area contributed by atoms with Crippen molar-refractivity contribution in [2.24, 2.45) is 0 Å². The van der Waals surface area contributed by atoms with E-state index in [9.17, 15) is 24.3 Å². The normalized spacial score (nSPS) is 12.1. The number of ether oxygens (including phenoxy) is 1. The molecule has 36 heavy (non-hydrogen) atoms. The van der Waals surface area contributed by atoms with Crippen LogP contribution in [0, 0.1) is 0 Å². The van der Waals surface area contributed by atoms with E-state index in [4.69, 9.17) is 4.74 Å². The monoisotopic (exact) mass is 490 g/mol. The fourth-order valence-electron chi connectivity index (χ4n) is 3.38. The van der Waals surface area contributed by atoms with Crippen LogP contribution in [0.15, 0.2) is 73.1 Å². The van der Waals surface area contributed by atoms with Crippen LogP contribution in [-0.2, 0) is 27.2 Å². The third kappa shape index (κ3) is 7.45. The second kappa shape index (κ2) is 12.7. The van der Waals surface area contributed by atoms with Crippen molar-refractivity contribution in [3.63, 3.8) is 0 Å². The number of aliphatic carboxylic acids is 1. The predicted octanol–water partition coefficient (Wildman–Crippen LogP) is 1.81. The van der Waals surface area contributed by atoms with Crippen LogP contribution in [0.3, 0.4) is 0 Å². The number of amides is 2. The van der Waals surface area contributed by atoms with Gasteiger partial charge in [-0.25, -0.2) is 9.59 Å². The molecule has 2 heterocycles. The van der Waals surface area contributed by atoms with Gasteiger partial charge in [-0.15, -0.1) is 0 Å². The largest absolute Gasteiger partial charge is 0.480 e. The van der Waals surface area contributed by atoms with Crippen LogP contribution in [-0.4, -0.2) is 57.5 Å². The van der Waals surface area contributed by atoms with Crippen LogP contribution in [0.2, 0.25) is 0 Å². The number of carboxylic acids is 1. The first kappa shape index (κ1) is 26.0. The minimum atomic E-state index is -1.18. The summed E-state index contributed by atoms with van der Waals surface area (Å²) in [6.45, 7) is 1.84. The lowest BCUT2D eigenvalue weighted by Crippen LogP contribution is -2.43. The zero-order valence-corrected chi connectivity index (χ0v) is 19.6. The summed E-state index contributed by atoms with van der Waals surface area (Å²) < 4.78 is 5.10. The lowest BCUT2D eigenvalue weighted by Gasteiger charge is -2.18. The van der Waals surface area contributed by atoms with Gasteiger partial charge in [0.15, 0.2) is 0 Å². The van der Waals surface area contributed by atoms with Gasteiger partial charge in [-0.05, 0) is 42.3 Å². The van der Waals surface area contributed by atoms with Crippen molar-refractivity contribution in [1.82, 2.24) is 20.6 Å². The SMILES string of the molecule is CCOC(=O)[C@@H](Cc1ccc(C[C@@H](NC(=O)c2ccccn2)C(=O)O)cc1)NC(=O)c1ccccn1. The van der Waals surface area contributed by atoms with Crippen molar-refractivity contribution in [2.75, 3.05) is 6.61 Å². The molecule has 2 atom stereocenters. The molecule has 1 aromatic carbocycles. The minimum absolute atomic E-state index is 0.0475. The van der Waals surface area contributed by atoms with Gasteiger partial charge in [0.25, 0.3) is 11.8 Å². The van der Waals surface area contributed by atoms with Crippen molar-refractivity contribution >= 4 is 23.8 Å². The summed E-state index contributed by atoms with van der Waals surface area (Å²) in [6.07, 6.45) is 3.14. The van der Waals surface area contributed by atoms with E-state index in [1.165, 1.54) is 24.5 Å². The number of hydrogen-bond donors (Lipinski definition) is 3. The molecule has 0 radical (unpaired) electrons. The molecule has 3 aromatic rings. The average Bonchev–Trinajstić information content (AvgIpc) is 2.90. The van der Waals surface area contributed by atoms with Gasteiger partial charge in [-0.3, -0.25) is 19.6 Å². The van der Waals surface area contributed by atoms with Crippen molar-refractivity contribution < 1.29 is 29.0 Å².